The largest absolute Gasteiger partial charge is 0.440 e. The Labute approximate surface area is 330 Å². The van der Waals surface area contributed by atoms with Gasteiger partial charge in [-0.3, -0.25) is 9.36 Å². The van der Waals surface area contributed by atoms with Crippen LogP contribution in [0.2, 0.25) is 0 Å². The van der Waals surface area contributed by atoms with E-state index in [0.29, 0.717) is 41.1 Å². The molecule has 0 bridgehead atoms. The van der Waals surface area contributed by atoms with Gasteiger partial charge in [0.15, 0.2) is 35.0 Å². The van der Waals surface area contributed by atoms with Gasteiger partial charge in [0, 0.05) is 17.7 Å². The van der Waals surface area contributed by atoms with E-state index in [1.807, 2.05) is 97.3 Å². The third kappa shape index (κ3) is 6.69. The van der Waals surface area contributed by atoms with Gasteiger partial charge in [0.2, 0.25) is 0 Å². The van der Waals surface area contributed by atoms with Crippen LogP contribution in [-0.4, -0.2) is 56.1 Å². The van der Waals surface area contributed by atoms with Gasteiger partial charge in [-0.25, -0.2) is 15.0 Å². The summed E-state index contributed by atoms with van der Waals surface area (Å²) >= 11 is 0. The zero-order valence-electron chi connectivity index (χ0n) is 32.2. The zero-order valence-corrected chi connectivity index (χ0v) is 32.2. The maximum Gasteiger partial charge on any atom is 0.305 e. The maximum absolute atomic E-state index is 14.4. The van der Waals surface area contributed by atoms with Crippen LogP contribution in [0, 0.1) is 6.92 Å². The second kappa shape index (κ2) is 14.5. The van der Waals surface area contributed by atoms with Crippen LogP contribution in [0.1, 0.15) is 71.6 Å². The van der Waals surface area contributed by atoms with Gasteiger partial charge in [-0.1, -0.05) is 103 Å². The second-order valence-electron chi connectivity index (χ2n) is 15.1. The first kappa shape index (κ1) is 36.6. The third-order valence-electron chi connectivity index (χ3n) is 10.8. The average Bonchev–Trinajstić information content (AvgIpc) is 3.99. The van der Waals surface area contributed by atoms with Crippen LogP contribution in [-0.2, 0) is 26.4 Å². The Morgan fingerprint density at radius 3 is 2.28 bits per heavy atom. The Morgan fingerprint density at radius 2 is 1.58 bits per heavy atom. The molecule has 12 heteroatoms. The number of carbonyl (C=O) groups excluding carboxylic acids is 1. The number of aryl methyl sites for hydroxylation is 1. The highest BCUT2D eigenvalue weighted by Crippen LogP contribution is 2.50. The number of fused-ring (bicyclic) bond motifs is 3. The van der Waals surface area contributed by atoms with Crippen LogP contribution < -0.4 is 20.5 Å². The molecule has 2 aromatic heterocycles. The normalized spacial score (nSPS) is 21.8. The minimum atomic E-state index is -1.29. The lowest BCUT2D eigenvalue weighted by molar-refractivity contribution is -0.192. The lowest BCUT2D eigenvalue weighted by atomic mass is 9.97. The predicted molar refractivity (Wildman–Crippen MR) is 214 cm³/mol. The Bertz CT molecular complexity index is 2430. The summed E-state index contributed by atoms with van der Waals surface area (Å²) in [7, 11) is 0. The van der Waals surface area contributed by atoms with Gasteiger partial charge in [-0.05, 0) is 62.4 Å². The van der Waals surface area contributed by atoms with E-state index in [1.54, 1.807) is 6.33 Å². The number of nitrogens with one attached hydrogen (secondary N) is 1. The van der Waals surface area contributed by atoms with Crippen molar-refractivity contribution in [2.75, 3.05) is 12.3 Å². The molecule has 3 N–H and O–H groups in total. The van der Waals surface area contributed by atoms with Crippen molar-refractivity contribution in [3.05, 3.63) is 155 Å². The van der Waals surface area contributed by atoms with E-state index in [0.717, 1.165) is 27.8 Å². The molecule has 6 aromatic rings. The Kier molecular flexibility index (Phi) is 9.27. The fourth-order valence-electron chi connectivity index (χ4n) is 8.08. The van der Waals surface area contributed by atoms with Crippen molar-refractivity contribution in [1.29, 1.82) is 0 Å². The molecule has 3 aliphatic rings. The lowest BCUT2D eigenvalue weighted by Crippen LogP contribution is -2.37. The monoisotopic (exact) mass is 764 g/mol. The van der Waals surface area contributed by atoms with E-state index >= 15 is 0 Å². The van der Waals surface area contributed by atoms with Crippen LogP contribution in [0.3, 0.4) is 0 Å². The lowest BCUT2D eigenvalue weighted by Gasteiger charge is -2.28. The SMILES string of the molecule is CCC(=CCNC(=O)c1cc(Cc2ccc(C)cc2)cc2c1OC(c1ccccc1)(c1ccccc1)O2)[C@H]1O[C@@H](n2cnc3c(N)ncnc32)C2OC(C)(C)OC21. The van der Waals surface area contributed by atoms with Crippen molar-refractivity contribution < 1.29 is 28.5 Å². The van der Waals surface area contributed by atoms with Crippen LogP contribution in [0.25, 0.3) is 11.2 Å². The van der Waals surface area contributed by atoms with Crippen LogP contribution in [0.4, 0.5) is 5.82 Å². The van der Waals surface area contributed by atoms with Gasteiger partial charge in [0.05, 0.1) is 11.9 Å². The summed E-state index contributed by atoms with van der Waals surface area (Å²) in [5.41, 5.74) is 13.3. The quantitative estimate of drug-likeness (QED) is 0.138. The van der Waals surface area contributed by atoms with Gasteiger partial charge in [0.1, 0.15) is 30.2 Å². The molecule has 0 spiro atoms. The molecule has 2 fully saturated rings. The molecule has 0 radical (unpaired) electrons. The summed E-state index contributed by atoms with van der Waals surface area (Å²) in [5.74, 6) is -1.26. The van der Waals surface area contributed by atoms with Crippen molar-refractivity contribution >= 4 is 22.9 Å². The maximum atomic E-state index is 14.4. The van der Waals surface area contributed by atoms with Gasteiger partial charge in [0.25, 0.3) is 5.91 Å². The molecule has 12 nitrogen and oxygen atoms in total. The van der Waals surface area contributed by atoms with Crippen LogP contribution in [0.15, 0.2) is 121 Å². The Hall–Kier alpha value is -6.08. The number of anilines is 1. The molecular weight excluding hydrogens is 721 g/mol. The summed E-state index contributed by atoms with van der Waals surface area (Å²) in [6, 6.07) is 31.9. The highest BCUT2D eigenvalue weighted by atomic mass is 16.8. The first-order chi connectivity index (χ1) is 27.6. The number of carbonyl (C=O) groups is 1. The highest BCUT2D eigenvalue weighted by molar-refractivity contribution is 5.98. The summed E-state index contributed by atoms with van der Waals surface area (Å²) in [4.78, 5) is 27.3. The highest BCUT2D eigenvalue weighted by Gasteiger charge is 2.57. The molecule has 2 saturated heterocycles. The smallest absolute Gasteiger partial charge is 0.305 e. The summed E-state index contributed by atoms with van der Waals surface area (Å²) in [6.07, 6.45) is 4.38. The van der Waals surface area contributed by atoms with Crippen molar-refractivity contribution in [2.24, 2.45) is 0 Å². The van der Waals surface area contributed by atoms with E-state index in [2.05, 4.69) is 58.4 Å². The summed E-state index contributed by atoms with van der Waals surface area (Å²) in [5, 5.41) is 3.14. The molecule has 3 aliphatic heterocycles. The minimum Gasteiger partial charge on any atom is -0.440 e. The van der Waals surface area contributed by atoms with Gasteiger partial charge in [-0.2, -0.15) is 0 Å². The van der Waals surface area contributed by atoms with E-state index in [-0.39, 0.29) is 18.3 Å². The number of rotatable bonds is 10. The van der Waals surface area contributed by atoms with E-state index in [4.69, 9.17) is 29.4 Å². The molecule has 0 saturated carbocycles. The molecule has 1 amide bonds. The second-order valence-corrected chi connectivity index (χ2v) is 15.1. The number of nitrogens with two attached hydrogens (primary N) is 1. The topological polar surface area (TPSA) is 145 Å². The van der Waals surface area contributed by atoms with Gasteiger partial charge < -0.3 is 34.7 Å². The number of hydrogen-bond acceptors (Lipinski definition) is 10. The average molecular weight is 765 g/mol. The molecule has 290 valence electrons. The fourth-order valence-corrected chi connectivity index (χ4v) is 8.08. The molecule has 4 aromatic carbocycles. The van der Waals surface area contributed by atoms with Gasteiger partial charge in [-0.15, -0.1) is 0 Å². The predicted octanol–water partition coefficient (Wildman–Crippen LogP) is 7.16. The number of hydrogen-bond donors (Lipinski definition) is 2. The van der Waals surface area contributed by atoms with Gasteiger partial charge >= 0.3 is 5.79 Å². The number of imidazole rings is 1. The van der Waals surface area contributed by atoms with Crippen molar-refractivity contribution in [1.82, 2.24) is 24.8 Å². The zero-order chi connectivity index (χ0) is 39.3. The molecule has 0 aliphatic carbocycles. The van der Waals surface area contributed by atoms with Crippen LogP contribution >= 0.6 is 0 Å². The van der Waals surface area contributed by atoms with Crippen molar-refractivity contribution in [2.45, 2.75) is 76.7 Å². The Morgan fingerprint density at radius 1 is 0.877 bits per heavy atom. The molecule has 2 unspecified atom stereocenters. The summed E-state index contributed by atoms with van der Waals surface area (Å²) in [6.45, 7) is 8.13. The summed E-state index contributed by atoms with van der Waals surface area (Å²) < 4.78 is 35.1. The molecule has 9 rings (SSSR count). The van der Waals surface area contributed by atoms with E-state index in [1.165, 1.54) is 11.9 Å². The number of nitrogens with zero attached hydrogens (tertiary/aromatic N) is 4. The molecule has 5 heterocycles. The van der Waals surface area contributed by atoms with Crippen molar-refractivity contribution in [3.8, 4) is 11.5 Å². The molecule has 4 atom stereocenters. The first-order valence-corrected chi connectivity index (χ1v) is 19.3. The first-order valence-electron chi connectivity index (χ1n) is 19.3. The molecular formula is C45H44N6O6. The Balaban J connectivity index is 1.02. The standard InChI is InChI=1S/C45H44N6O6/c1-5-30(36-38-39(56-44(3,4)55-38)43(53-36)51-26-50-35-40(46)48-25-49-41(35)51)20-21-47-42(52)33-23-29(22-28-18-16-27(2)17-19-28)24-34-37(33)57-45(54-34,31-12-8-6-9-13-31)32-14-10-7-11-15-32/h6-20,23-26,36,38-39,43H,5,21-22H2,1-4H3,(H,47,52)(H2,46,48,49)/t36-,38?,39?,43-/m1/s1. The number of aromatic nitrogens is 4. The van der Waals surface area contributed by atoms with Crippen molar-refractivity contribution in [3.63, 3.8) is 0 Å². The third-order valence-corrected chi connectivity index (χ3v) is 10.8. The molecule has 57 heavy (non-hydrogen) atoms. The van der Waals surface area contributed by atoms with E-state index in [9.17, 15) is 4.79 Å². The fraction of sp³-hybridized carbons (Fsp3) is 0.289. The number of nitrogen functional groups attached to an aromatic ring is 1. The number of amides is 1. The van der Waals surface area contributed by atoms with E-state index < -0.39 is 36.1 Å². The number of benzene rings is 4. The van der Waals surface area contributed by atoms with Crippen LogP contribution in [0.5, 0.6) is 11.5 Å². The minimum absolute atomic E-state index is 0.228. The number of ether oxygens (including phenoxy) is 5.